The van der Waals surface area contributed by atoms with Crippen LogP contribution in [0.5, 0.6) is 0 Å². The van der Waals surface area contributed by atoms with E-state index < -0.39 is 0 Å². The molecule has 6 nitrogen and oxygen atoms in total. The standard InChI is InChI=1S/C20H23FN4O2/c1-13-18(20(27)23-10-15-5-7-17(21)8-6-15)11-22-19(24-13)16-4-3-9-25(12-16)14(2)26/h5-8,11,16H,3-4,9-10,12H2,1-2H3,(H,23,27)/t16-/m1/s1. The van der Waals surface area contributed by atoms with Crippen molar-refractivity contribution >= 4 is 11.8 Å². The van der Waals surface area contributed by atoms with Gasteiger partial charge < -0.3 is 10.2 Å². The van der Waals surface area contributed by atoms with Crippen LogP contribution in [0.2, 0.25) is 0 Å². The largest absolute Gasteiger partial charge is 0.348 e. The molecule has 2 heterocycles. The van der Waals surface area contributed by atoms with Crippen molar-refractivity contribution in [2.45, 2.75) is 39.2 Å². The number of halogens is 1. The van der Waals surface area contributed by atoms with E-state index in [-0.39, 0.29) is 23.5 Å². The predicted octanol–water partition coefficient (Wildman–Crippen LogP) is 2.58. The average molecular weight is 370 g/mol. The van der Waals surface area contributed by atoms with Crippen LogP contribution in [0.1, 0.15) is 53.1 Å². The maximum Gasteiger partial charge on any atom is 0.254 e. The minimum atomic E-state index is -0.309. The number of aromatic nitrogens is 2. The molecule has 142 valence electrons. The van der Waals surface area contributed by atoms with E-state index >= 15 is 0 Å². The number of hydrogen-bond acceptors (Lipinski definition) is 4. The predicted molar refractivity (Wildman–Crippen MR) is 98.6 cm³/mol. The van der Waals surface area contributed by atoms with Crippen LogP contribution < -0.4 is 5.32 Å². The molecule has 0 unspecified atom stereocenters. The third-order valence-electron chi connectivity index (χ3n) is 4.84. The fraction of sp³-hybridized carbons (Fsp3) is 0.400. The van der Waals surface area contributed by atoms with Gasteiger partial charge in [-0.3, -0.25) is 9.59 Å². The SMILES string of the molecule is CC(=O)N1CCC[C@@H](c2ncc(C(=O)NCc3ccc(F)cc3)c(C)n2)C1. The number of nitrogens with zero attached hydrogens (tertiary/aromatic N) is 3. The molecule has 1 saturated heterocycles. The van der Waals surface area contributed by atoms with E-state index in [2.05, 4.69) is 15.3 Å². The van der Waals surface area contributed by atoms with Crippen LogP contribution in [0.25, 0.3) is 0 Å². The monoisotopic (exact) mass is 370 g/mol. The minimum Gasteiger partial charge on any atom is -0.348 e. The van der Waals surface area contributed by atoms with Gasteiger partial charge in [0.25, 0.3) is 5.91 Å². The topological polar surface area (TPSA) is 75.2 Å². The van der Waals surface area contributed by atoms with E-state index in [1.807, 2.05) is 4.90 Å². The van der Waals surface area contributed by atoms with E-state index in [4.69, 9.17) is 0 Å². The third kappa shape index (κ3) is 4.67. The Bertz CT molecular complexity index is 838. The number of aryl methyl sites for hydroxylation is 1. The Hall–Kier alpha value is -2.83. The molecular weight excluding hydrogens is 347 g/mol. The van der Waals surface area contributed by atoms with Crippen LogP contribution >= 0.6 is 0 Å². The van der Waals surface area contributed by atoms with Crippen LogP contribution in [-0.2, 0) is 11.3 Å². The summed E-state index contributed by atoms with van der Waals surface area (Å²) < 4.78 is 12.9. The Morgan fingerprint density at radius 1 is 1.30 bits per heavy atom. The van der Waals surface area contributed by atoms with Gasteiger partial charge in [0.15, 0.2) is 0 Å². The van der Waals surface area contributed by atoms with Gasteiger partial charge >= 0.3 is 0 Å². The molecule has 1 N–H and O–H groups in total. The van der Waals surface area contributed by atoms with Gasteiger partial charge in [-0.15, -0.1) is 0 Å². The fourth-order valence-corrected chi connectivity index (χ4v) is 3.26. The summed E-state index contributed by atoms with van der Waals surface area (Å²) in [6, 6.07) is 5.98. The Morgan fingerprint density at radius 2 is 2.04 bits per heavy atom. The third-order valence-corrected chi connectivity index (χ3v) is 4.84. The van der Waals surface area contributed by atoms with Gasteiger partial charge in [0, 0.05) is 38.7 Å². The summed E-state index contributed by atoms with van der Waals surface area (Å²) >= 11 is 0. The smallest absolute Gasteiger partial charge is 0.254 e. The lowest BCUT2D eigenvalue weighted by Crippen LogP contribution is -2.38. The first-order valence-electron chi connectivity index (χ1n) is 9.05. The van der Waals surface area contributed by atoms with Crippen molar-refractivity contribution in [1.29, 1.82) is 0 Å². The number of carbonyl (C=O) groups is 2. The molecule has 1 aromatic carbocycles. The highest BCUT2D eigenvalue weighted by molar-refractivity contribution is 5.94. The first-order chi connectivity index (χ1) is 12.9. The van der Waals surface area contributed by atoms with Gasteiger partial charge in [-0.25, -0.2) is 14.4 Å². The molecule has 27 heavy (non-hydrogen) atoms. The molecule has 0 bridgehead atoms. The van der Waals surface area contributed by atoms with Gasteiger partial charge in [-0.1, -0.05) is 12.1 Å². The molecule has 0 radical (unpaired) electrons. The molecule has 0 saturated carbocycles. The quantitative estimate of drug-likeness (QED) is 0.898. The molecule has 1 aromatic heterocycles. The molecule has 2 aromatic rings. The zero-order valence-corrected chi connectivity index (χ0v) is 15.5. The van der Waals surface area contributed by atoms with E-state index in [0.717, 1.165) is 24.9 Å². The van der Waals surface area contributed by atoms with Crippen LogP contribution in [0.3, 0.4) is 0 Å². The zero-order chi connectivity index (χ0) is 19.4. The van der Waals surface area contributed by atoms with Crippen molar-refractivity contribution in [1.82, 2.24) is 20.2 Å². The Kier molecular flexibility index (Phi) is 5.78. The first-order valence-corrected chi connectivity index (χ1v) is 9.05. The van der Waals surface area contributed by atoms with Gasteiger partial charge in [0.2, 0.25) is 5.91 Å². The lowest BCUT2D eigenvalue weighted by Gasteiger charge is -2.31. The second kappa shape index (κ2) is 8.24. The summed E-state index contributed by atoms with van der Waals surface area (Å²) in [5.74, 6) is 0.257. The summed E-state index contributed by atoms with van der Waals surface area (Å²) in [5.41, 5.74) is 1.84. The van der Waals surface area contributed by atoms with Gasteiger partial charge in [-0.2, -0.15) is 0 Å². The van der Waals surface area contributed by atoms with E-state index in [1.165, 1.54) is 12.1 Å². The van der Waals surface area contributed by atoms with Gasteiger partial charge in [0.05, 0.1) is 11.3 Å². The summed E-state index contributed by atoms with van der Waals surface area (Å²) in [6.45, 7) is 5.04. The number of carbonyl (C=O) groups excluding carboxylic acids is 2. The lowest BCUT2D eigenvalue weighted by molar-refractivity contribution is -0.130. The van der Waals surface area contributed by atoms with Gasteiger partial charge in [-0.05, 0) is 37.5 Å². The summed E-state index contributed by atoms with van der Waals surface area (Å²) in [4.78, 5) is 34.7. The van der Waals surface area contributed by atoms with E-state index in [9.17, 15) is 14.0 Å². The van der Waals surface area contributed by atoms with Crippen molar-refractivity contribution in [3.63, 3.8) is 0 Å². The summed E-state index contributed by atoms with van der Waals surface area (Å²) in [5, 5.41) is 2.80. The zero-order valence-electron chi connectivity index (χ0n) is 15.5. The van der Waals surface area contributed by atoms with Crippen LogP contribution in [0.15, 0.2) is 30.5 Å². The Balaban J connectivity index is 1.66. The summed E-state index contributed by atoms with van der Waals surface area (Å²) in [7, 11) is 0. The second-order valence-electron chi connectivity index (χ2n) is 6.84. The highest BCUT2D eigenvalue weighted by Crippen LogP contribution is 2.25. The molecule has 3 rings (SSSR count). The van der Waals surface area contributed by atoms with Crippen molar-refractivity contribution < 1.29 is 14.0 Å². The van der Waals surface area contributed by atoms with E-state index in [1.54, 1.807) is 32.2 Å². The van der Waals surface area contributed by atoms with Crippen molar-refractivity contribution in [2.24, 2.45) is 0 Å². The van der Waals surface area contributed by atoms with Crippen LogP contribution in [0, 0.1) is 12.7 Å². The van der Waals surface area contributed by atoms with E-state index in [0.29, 0.717) is 30.2 Å². The number of benzene rings is 1. The van der Waals surface area contributed by atoms with Crippen LogP contribution in [0.4, 0.5) is 4.39 Å². The van der Waals surface area contributed by atoms with Crippen molar-refractivity contribution in [2.75, 3.05) is 13.1 Å². The molecule has 0 aliphatic carbocycles. The molecule has 7 heteroatoms. The Labute approximate surface area is 157 Å². The second-order valence-corrected chi connectivity index (χ2v) is 6.84. The fourth-order valence-electron chi connectivity index (χ4n) is 3.26. The summed E-state index contributed by atoms with van der Waals surface area (Å²) in [6.07, 6.45) is 3.40. The molecule has 0 spiro atoms. The molecule has 1 atom stereocenters. The minimum absolute atomic E-state index is 0.0632. The number of amides is 2. The molecular formula is C20H23FN4O2. The highest BCUT2D eigenvalue weighted by atomic mass is 19.1. The molecule has 2 amide bonds. The number of nitrogens with one attached hydrogen (secondary N) is 1. The molecule has 1 aliphatic rings. The van der Waals surface area contributed by atoms with Crippen LogP contribution in [-0.4, -0.2) is 39.8 Å². The average Bonchev–Trinajstić information content (AvgIpc) is 2.67. The normalized spacial score (nSPS) is 16.9. The number of hydrogen-bond donors (Lipinski definition) is 1. The first kappa shape index (κ1) is 18.9. The van der Waals surface area contributed by atoms with Gasteiger partial charge in [0.1, 0.15) is 11.6 Å². The molecule has 1 fully saturated rings. The maximum atomic E-state index is 12.9. The Morgan fingerprint density at radius 3 is 2.70 bits per heavy atom. The lowest BCUT2D eigenvalue weighted by atomic mass is 9.97. The highest BCUT2D eigenvalue weighted by Gasteiger charge is 2.25. The maximum absolute atomic E-state index is 12.9. The van der Waals surface area contributed by atoms with Crippen molar-refractivity contribution in [3.8, 4) is 0 Å². The molecule has 1 aliphatic heterocycles. The number of rotatable bonds is 4. The number of likely N-dealkylation sites (tertiary alicyclic amines) is 1. The number of piperidine rings is 1. The van der Waals surface area contributed by atoms with Crippen molar-refractivity contribution in [3.05, 3.63) is 58.9 Å².